The second-order valence-corrected chi connectivity index (χ2v) is 19.5. The van der Waals surface area contributed by atoms with Crippen LogP contribution in [-0.2, 0) is 0 Å². The molecule has 0 aliphatic carbocycles. The Hall–Kier alpha value is -0.0800. The van der Waals surface area contributed by atoms with Crippen molar-refractivity contribution in [2.45, 2.75) is 329 Å². The maximum absolute atomic E-state index is 3.84. The zero-order valence-corrected chi connectivity index (χ0v) is 41.4. The number of nitrogens with one attached hydrogen (secondary N) is 1. The third-order valence-corrected chi connectivity index (χ3v) is 13.5. The highest BCUT2D eigenvalue weighted by Crippen LogP contribution is 2.17. The van der Waals surface area contributed by atoms with E-state index >= 15 is 0 Å². The maximum atomic E-state index is 3.84. The first-order chi connectivity index (χ1) is 28.8. The SMILES string of the molecule is CCCCCCCCCCCCCCCCCCNCCN(CCCCCCCCCCCCCCCCCC)CCCCCCCCCCCCCCCCCC. The van der Waals surface area contributed by atoms with Gasteiger partial charge in [0.1, 0.15) is 0 Å². The third kappa shape index (κ3) is 52.1. The standard InChI is InChI=1S/C56H116N2/c1-4-7-10-13-16-19-22-25-28-31-34-37-40-43-46-49-52-57-53-56-58(54-50-47-44-41-38-35-32-29-26-23-20-17-14-11-8-5-2)55-51-48-45-42-39-36-33-30-27-24-21-18-15-12-9-6-3/h57H,4-56H2,1-3H3. The van der Waals surface area contributed by atoms with Crippen LogP contribution in [0.1, 0.15) is 329 Å². The molecule has 0 unspecified atom stereocenters. The Kier molecular flexibility index (Phi) is 54.9. The van der Waals surface area contributed by atoms with E-state index in [2.05, 4.69) is 31.0 Å². The Labute approximate surface area is 370 Å². The Morgan fingerprint density at radius 3 is 0.603 bits per heavy atom. The molecule has 0 aliphatic heterocycles. The second kappa shape index (κ2) is 54.9. The van der Waals surface area contributed by atoms with Crippen molar-refractivity contribution in [2.75, 3.05) is 32.7 Å². The average molecular weight is 818 g/mol. The van der Waals surface area contributed by atoms with Crippen molar-refractivity contribution in [1.29, 1.82) is 0 Å². The molecule has 2 heteroatoms. The van der Waals surface area contributed by atoms with E-state index in [1.54, 1.807) is 0 Å². The molecule has 0 aromatic carbocycles. The van der Waals surface area contributed by atoms with E-state index < -0.39 is 0 Å². The summed E-state index contributed by atoms with van der Waals surface area (Å²) >= 11 is 0. The molecule has 350 valence electrons. The number of hydrogen-bond donors (Lipinski definition) is 1. The number of unbranched alkanes of at least 4 members (excludes halogenated alkanes) is 45. The van der Waals surface area contributed by atoms with Gasteiger partial charge in [0.15, 0.2) is 0 Å². The third-order valence-electron chi connectivity index (χ3n) is 13.5. The van der Waals surface area contributed by atoms with E-state index in [1.165, 1.54) is 341 Å². The van der Waals surface area contributed by atoms with Gasteiger partial charge >= 0.3 is 0 Å². The zero-order chi connectivity index (χ0) is 41.8. The fourth-order valence-corrected chi connectivity index (χ4v) is 9.26. The molecule has 0 atom stereocenters. The molecule has 0 aromatic heterocycles. The predicted molar refractivity (Wildman–Crippen MR) is 268 cm³/mol. The van der Waals surface area contributed by atoms with Crippen LogP contribution in [0.4, 0.5) is 0 Å². The topological polar surface area (TPSA) is 15.3 Å². The van der Waals surface area contributed by atoms with Gasteiger partial charge in [0.2, 0.25) is 0 Å². The van der Waals surface area contributed by atoms with Gasteiger partial charge in [0.25, 0.3) is 0 Å². The molecule has 0 amide bonds. The number of hydrogen-bond acceptors (Lipinski definition) is 2. The summed E-state index contributed by atoms with van der Waals surface area (Å²) in [6, 6.07) is 0. The Bertz CT molecular complexity index is 642. The lowest BCUT2D eigenvalue weighted by molar-refractivity contribution is 0.259. The van der Waals surface area contributed by atoms with Gasteiger partial charge in [-0.2, -0.15) is 0 Å². The average Bonchev–Trinajstić information content (AvgIpc) is 3.23. The summed E-state index contributed by atoms with van der Waals surface area (Å²) < 4.78 is 0. The van der Waals surface area contributed by atoms with Crippen molar-refractivity contribution in [3.8, 4) is 0 Å². The van der Waals surface area contributed by atoms with Crippen LogP contribution in [0, 0.1) is 0 Å². The highest BCUT2D eigenvalue weighted by molar-refractivity contribution is 4.63. The van der Waals surface area contributed by atoms with Crippen molar-refractivity contribution in [1.82, 2.24) is 10.2 Å². The molecule has 1 N–H and O–H groups in total. The van der Waals surface area contributed by atoms with Crippen molar-refractivity contribution < 1.29 is 0 Å². The largest absolute Gasteiger partial charge is 0.315 e. The molecule has 0 saturated heterocycles. The normalized spacial score (nSPS) is 11.8. The van der Waals surface area contributed by atoms with Crippen LogP contribution < -0.4 is 5.32 Å². The minimum Gasteiger partial charge on any atom is -0.315 e. The summed E-state index contributed by atoms with van der Waals surface area (Å²) in [7, 11) is 0. The van der Waals surface area contributed by atoms with Crippen molar-refractivity contribution in [2.24, 2.45) is 0 Å². The summed E-state index contributed by atoms with van der Waals surface area (Å²) in [6.45, 7) is 13.3. The van der Waals surface area contributed by atoms with Gasteiger partial charge in [-0.3, -0.25) is 0 Å². The first kappa shape index (κ1) is 57.9. The molecule has 58 heavy (non-hydrogen) atoms. The Balaban J connectivity index is 3.94. The van der Waals surface area contributed by atoms with Crippen LogP contribution in [0.15, 0.2) is 0 Å². The van der Waals surface area contributed by atoms with Crippen LogP contribution in [-0.4, -0.2) is 37.6 Å². The van der Waals surface area contributed by atoms with Gasteiger partial charge in [-0.1, -0.05) is 310 Å². The lowest BCUT2D eigenvalue weighted by Crippen LogP contribution is -2.34. The van der Waals surface area contributed by atoms with Crippen LogP contribution in [0.25, 0.3) is 0 Å². The smallest absolute Gasteiger partial charge is 0.0107 e. The monoisotopic (exact) mass is 817 g/mol. The summed E-state index contributed by atoms with van der Waals surface area (Å²) in [6.07, 6.45) is 70.0. The van der Waals surface area contributed by atoms with Crippen LogP contribution in [0.2, 0.25) is 0 Å². The lowest BCUT2D eigenvalue weighted by atomic mass is 10.0. The maximum Gasteiger partial charge on any atom is 0.0107 e. The molecular weight excluding hydrogens is 701 g/mol. The van der Waals surface area contributed by atoms with E-state index in [0.717, 1.165) is 0 Å². The molecule has 0 heterocycles. The summed E-state index contributed by atoms with van der Waals surface area (Å²) in [4.78, 5) is 2.83. The molecule has 0 aliphatic rings. The molecule has 0 saturated carbocycles. The van der Waals surface area contributed by atoms with Crippen molar-refractivity contribution >= 4 is 0 Å². The molecular formula is C56H116N2. The fraction of sp³-hybridized carbons (Fsp3) is 1.00. The fourth-order valence-electron chi connectivity index (χ4n) is 9.26. The van der Waals surface area contributed by atoms with Crippen molar-refractivity contribution in [3.63, 3.8) is 0 Å². The minimum absolute atomic E-state index is 1.19. The van der Waals surface area contributed by atoms with E-state index in [9.17, 15) is 0 Å². The van der Waals surface area contributed by atoms with Gasteiger partial charge in [-0.05, 0) is 38.9 Å². The number of rotatable bonds is 54. The first-order valence-corrected chi connectivity index (χ1v) is 28.3. The summed E-state index contributed by atoms with van der Waals surface area (Å²) in [5.41, 5.74) is 0. The van der Waals surface area contributed by atoms with Gasteiger partial charge < -0.3 is 10.2 Å². The summed E-state index contributed by atoms with van der Waals surface area (Å²) in [5, 5.41) is 3.84. The van der Waals surface area contributed by atoms with Crippen LogP contribution in [0.3, 0.4) is 0 Å². The lowest BCUT2D eigenvalue weighted by Gasteiger charge is -2.22. The van der Waals surface area contributed by atoms with E-state index in [4.69, 9.17) is 0 Å². The molecule has 0 rings (SSSR count). The molecule has 0 fully saturated rings. The quantitative estimate of drug-likeness (QED) is 0.0615. The minimum atomic E-state index is 1.19. The zero-order valence-electron chi connectivity index (χ0n) is 41.4. The van der Waals surface area contributed by atoms with Crippen LogP contribution >= 0.6 is 0 Å². The van der Waals surface area contributed by atoms with Gasteiger partial charge in [-0.25, -0.2) is 0 Å². The Morgan fingerprint density at radius 2 is 0.379 bits per heavy atom. The van der Waals surface area contributed by atoms with E-state index in [0.29, 0.717) is 0 Å². The van der Waals surface area contributed by atoms with E-state index in [-0.39, 0.29) is 0 Å². The van der Waals surface area contributed by atoms with Gasteiger partial charge in [0, 0.05) is 13.1 Å². The summed E-state index contributed by atoms with van der Waals surface area (Å²) in [5.74, 6) is 0. The second-order valence-electron chi connectivity index (χ2n) is 19.5. The predicted octanol–water partition coefficient (Wildman–Crippen LogP) is 19.7. The van der Waals surface area contributed by atoms with Crippen LogP contribution in [0.5, 0.6) is 0 Å². The molecule has 0 radical (unpaired) electrons. The van der Waals surface area contributed by atoms with Crippen molar-refractivity contribution in [3.05, 3.63) is 0 Å². The highest BCUT2D eigenvalue weighted by atomic mass is 15.1. The van der Waals surface area contributed by atoms with Gasteiger partial charge in [0.05, 0.1) is 0 Å². The molecule has 2 nitrogen and oxygen atoms in total. The van der Waals surface area contributed by atoms with E-state index in [1.807, 2.05) is 0 Å². The van der Waals surface area contributed by atoms with Gasteiger partial charge in [-0.15, -0.1) is 0 Å². The highest BCUT2D eigenvalue weighted by Gasteiger charge is 2.05. The molecule has 0 aromatic rings. The molecule has 0 spiro atoms. The first-order valence-electron chi connectivity index (χ1n) is 28.3. The Morgan fingerprint density at radius 1 is 0.190 bits per heavy atom. The molecule has 0 bridgehead atoms. The number of nitrogens with zero attached hydrogens (tertiary/aromatic N) is 1.